The summed E-state index contributed by atoms with van der Waals surface area (Å²) < 4.78 is 0. The molecule has 15 heavy (non-hydrogen) atoms. The second-order valence-corrected chi connectivity index (χ2v) is 4.76. The summed E-state index contributed by atoms with van der Waals surface area (Å²) in [5.41, 5.74) is 0. The molecule has 0 aromatic heterocycles. The summed E-state index contributed by atoms with van der Waals surface area (Å²) in [5, 5.41) is 9.73. The number of piperidine rings is 1. The van der Waals surface area contributed by atoms with Crippen LogP contribution in [0.1, 0.15) is 26.2 Å². The molecule has 0 bridgehead atoms. The Morgan fingerprint density at radius 1 is 1.20 bits per heavy atom. The van der Waals surface area contributed by atoms with Crippen molar-refractivity contribution in [3.63, 3.8) is 0 Å². The standard InChI is InChI=1S/C11H20N2O2/c1-9-4-7-13(8-10(9)14)11(15)12-5-2-3-6-12/h9-10,14H,2-8H2,1H3. The van der Waals surface area contributed by atoms with Crippen LogP contribution in [0, 0.1) is 5.92 Å². The lowest BCUT2D eigenvalue weighted by molar-refractivity contribution is 0.0367. The molecule has 86 valence electrons. The highest BCUT2D eigenvalue weighted by Gasteiger charge is 2.30. The van der Waals surface area contributed by atoms with E-state index in [0.29, 0.717) is 12.5 Å². The van der Waals surface area contributed by atoms with E-state index in [1.807, 2.05) is 11.8 Å². The average Bonchev–Trinajstić information content (AvgIpc) is 2.74. The third-order valence-electron chi connectivity index (χ3n) is 3.57. The number of nitrogens with zero attached hydrogens (tertiary/aromatic N) is 2. The van der Waals surface area contributed by atoms with Gasteiger partial charge in [-0.3, -0.25) is 0 Å². The molecule has 0 saturated carbocycles. The largest absolute Gasteiger partial charge is 0.391 e. The van der Waals surface area contributed by atoms with Crippen molar-refractivity contribution in [1.29, 1.82) is 0 Å². The molecule has 2 fully saturated rings. The number of β-amino-alcohol motifs (C(OH)–C–C–N with tert-alkyl or cyclic N) is 1. The summed E-state index contributed by atoms with van der Waals surface area (Å²) in [5.74, 6) is 0.327. The van der Waals surface area contributed by atoms with Crippen LogP contribution in [-0.2, 0) is 0 Å². The minimum atomic E-state index is -0.342. The van der Waals surface area contributed by atoms with Crippen LogP contribution in [0.4, 0.5) is 4.79 Å². The van der Waals surface area contributed by atoms with E-state index >= 15 is 0 Å². The Kier molecular flexibility index (Phi) is 3.14. The maximum atomic E-state index is 12.0. The van der Waals surface area contributed by atoms with E-state index < -0.39 is 0 Å². The fourth-order valence-corrected chi connectivity index (χ4v) is 2.33. The van der Waals surface area contributed by atoms with Crippen molar-refractivity contribution >= 4 is 6.03 Å². The number of carbonyl (C=O) groups excluding carboxylic acids is 1. The molecule has 2 aliphatic rings. The lowest BCUT2D eigenvalue weighted by Crippen LogP contribution is -2.50. The molecule has 0 aliphatic carbocycles. The lowest BCUT2D eigenvalue weighted by atomic mass is 9.96. The second kappa shape index (κ2) is 4.39. The third-order valence-corrected chi connectivity index (χ3v) is 3.57. The maximum absolute atomic E-state index is 12.0. The van der Waals surface area contributed by atoms with E-state index in [2.05, 4.69) is 0 Å². The molecule has 2 amide bonds. The smallest absolute Gasteiger partial charge is 0.320 e. The van der Waals surface area contributed by atoms with Gasteiger partial charge in [0.15, 0.2) is 0 Å². The first-order valence-electron chi connectivity index (χ1n) is 5.90. The number of aliphatic hydroxyl groups is 1. The highest BCUT2D eigenvalue weighted by Crippen LogP contribution is 2.19. The number of carbonyl (C=O) groups is 1. The van der Waals surface area contributed by atoms with E-state index in [1.165, 1.54) is 0 Å². The van der Waals surface area contributed by atoms with Gasteiger partial charge in [-0.2, -0.15) is 0 Å². The van der Waals surface area contributed by atoms with Gasteiger partial charge in [-0.25, -0.2) is 4.79 Å². The fourth-order valence-electron chi connectivity index (χ4n) is 2.33. The van der Waals surface area contributed by atoms with E-state index in [9.17, 15) is 9.90 Å². The second-order valence-electron chi connectivity index (χ2n) is 4.76. The van der Waals surface area contributed by atoms with Crippen LogP contribution >= 0.6 is 0 Å². The van der Waals surface area contributed by atoms with Gasteiger partial charge in [0.05, 0.1) is 6.10 Å². The molecule has 1 N–H and O–H groups in total. The van der Waals surface area contributed by atoms with Crippen molar-refractivity contribution < 1.29 is 9.90 Å². The molecule has 2 unspecified atom stereocenters. The zero-order valence-electron chi connectivity index (χ0n) is 9.35. The molecule has 4 heteroatoms. The van der Waals surface area contributed by atoms with Gasteiger partial charge in [0, 0.05) is 26.2 Å². The molecule has 4 nitrogen and oxygen atoms in total. The number of rotatable bonds is 0. The summed E-state index contributed by atoms with van der Waals surface area (Å²) in [6.07, 6.45) is 2.82. The van der Waals surface area contributed by atoms with Gasteiger partial charge < -0.3 is 14.9 Å². The van der Waals surface area contributed by atoms with Crippen LogP contribution < -0.4 is 0 Å². The first kappa shape index (κ1) is 10.7. The molecule has 0 spiro atoms. The van der Waals surface area contributed by atoms with E-state index in [0.717, 1.165) is 38.9 Å². The van der Waals surface area contributed by atoms with Crippen LogP contribution in [0.2, 0.25) is 0 Å². The van der Waals surface area contributed by atoms with Crippen LogP contribution in [-0.4, -0.2) is 53.2 Å². The van der Waals surface area contributed by atoms with Gasteiger partial charge in [0.25, 0.3) is 0 Å². The summed E-state index contributed by atoms with van der Waals surface area (Å²) >= 11 is 0. The molecule has 2 aliphatic heterocycles. The minimum Gasteiger partial charge on any atom is -0.391 e. The average molecular weight is 212 g/mol. The quantitative estimate of drug-likeness (QED) is 0.648. The molecule has 0 radical (unpaired) electrons. The molecule has 2 saturated heterocycles. The molecular formula is C11H20N2O2. The Labute approximate surface area is 90.9 Å². The van der Waals surface area contributed by atoms with Crippen molar-refractivity contribution in [3.8, 4) is 0 Å². The van der Waals surface area contributed by atoms with Crippen LogP contribution in [0.15, 0.2) is 0 Å². The Bertz CT molecular complexity index is 239. The fraction of sp³-hybridized carbons (Fsp3) is 0.909. The van der Waals surface area contributed by atoms with Gasteiger partial charge in [-0.1, -0.05) is 6.92 Å². The SMILES string of the molecule is CC1CCN(C(=O)N2CCCC2)CC1O. The molecule has 2 atom stereocenters. The maximum Gasteiger partial charge on any atom is 0.320 e. The van der Waals surface area contributed by atoms with Crippen molar-refractivity contribution in [3.05, 3.63) is 0 Å². The summed E-state index contributed by atoms with van der Waals surface area (Å²) in [6, 6.07) is 0.124. The Morgan fingerprint density at radius 2 is 1.87 bits per heavy atom. The Hall–Kier alpha value is -0.770. The Morgan fingerprint density at radius 3 is 2.47 bits per heavy atom. The summed E-state index contributed by atoms with van der Waals surface area (Å²) in [7, 11) is 0. The van der Waals surface area contributed by atoms with E-state index in [-0.39, 0.29) is 12.1 Å². The highest BCUT2D eigenvalue weighted by atomic mass is 16.3. The monoisotopic (exact) mass is 212 g/mol. The van der Waals surface area contributed by atoms with Crippen molar-refractivity contribution in [1.82, 2.24) is 9.80 Å². The van der Waals surface area contributed by atoms with Crippen molar-refractivity contribution in [2.45, 2.75) is 32.3 Å². The zero-order chi connectivity index (χ0) is 10.8. The van der Waals surface area contributed by atoms with Crippen molar-refractivity contribution in [2.24, 2.45) is 5.92 Å². The van der Waals surface area contributed by atoms with E-state index in [1.54, 1.807) is 4.90 Å². The normalized spacial score (nSPS) is 32.1. The highest BCUT2D eigenvalue weighted by molar-refractivity contribution is 5.74. The molecule has 2 heterocycles. The topological polar surface area (TPSA) is 43.8 Å². The molecule has 0 aromatic rings. The first-order valence-corrected chi connectivity index (χ1v) is 5.90. The van der Waals surface area contributed by atoms with E-state index in [4.69, 9.17) is 0 Å². The molecular weight excluding hydrogens is 192 g/mol. The molecule has 2 rings (SSSR count). The number of amides is 2. The number of aliphatic hydroxyl groups excluding tert-OH is 1. The number of likely N-dealkylation sites (tertiary alicyclic amines) is 2. The van der Waals surface area contributed by atoms with Gasteiger partial charge in [0.2, 0.25) is 0 Å². The van der Waals surface area contributed by atoms with Crippen LogP contribution in [0.25, 0.3) is 0 Å². The minimum absolute atomic E-state index is 0.124. The zero-order valence-corrected chi connectivity index (χ0v) is 9.35. The van der Waals surface area contributed by atoms with Gasteiger partial charge >= 0.3 is 6.03 Å². The van der Waals surface area contributed by atoms with Crippen LogP contribution in [0.5, 0.6) is 0 Å². The van der Waals surface area contributed by atoms with Gasteiger partial charge in [-0.05, 0) is 25.2 Å². The predicted octanol–water partition coefficient (Wildman–Crippen LogP) is 0.905. The number of hydrogen-bond donors (Lipinski definition) is 1. The number of hydrogen-bond acceptors (Lipinski definition) is 2. The number of urea groups is 1. The van der Waals surface area contributed by atoms with Gasteiger partial charge in [0.1, 0.15) is 0 Å². The summed E-state index contributed by atoms with van der Waals surface area (Å²) in [4.78, 5) is 15.7. The third kappa shape index (κ3) is 2.25. The van der Waals surface area contributed by atoms with Crippen molar-refractivity contribution in [2.75, 3.05) is 26.2 Å². The van der Waals surface area contributed by atoms with Crippen LogP contribution in [0.3, 0.4) is 0 Å². The Balaban J connectivity index is 1.90. The van der Waals surface area contributed by atoms with Gasteiger partial charge in [-0.15, -0.1) is 0 Å². The summed E-state index contributed by atoms with van der Waals surface area (Å²) in [6.45, 7) is 5.13. The first-order chi connectivity index (χ1) is 7.18. The molecule has 0 aromatic carbocycles. The predicted molar refractivity (Wildman–Crippen MR) is 57.6 cm³/mol. The lowest BCUT2D eigenvalue weighted by Gasteiger charge is -2.36.